The van der Waals surface area contributed by atoms with Gasteiger partial charge in [0.15, 0.2) is 0 Å². The second-order valence-corrected chi connectivity index (χ2v) is 5.07. The Hall–Kier alpha value is -1.10. The highest BCUT2D eigenvalue weighted by molar-refractivity contribution is 5.89. The third-order valence-electron chi connectivity index (χ3n) is 3.42. The molecular formula is C12H19NO4. The Labute approximate surface area is 101 Å². The molecule has 2 atom stereocenters. The summed E-state index contributed by atoms with van der Waals surface area (Å²) >= 11 is 0. The lowest BCUT2D eigenvalue weighted by atomic mass is 10.3. The van der Waals surface area contributed by atoms with Gasteiger partial charge in [-0.05, 0) is 25.2 Å². The van der Waals surface area contributed by atoms with Crippen LogP contribution in [0, 0.1) is 17.8 Å². The van der Waals surface area contributed by atoms with Crippen molar-refractivity contribution in [2.24, 2.45) is 17.8 Å². The van der Waals surface area contributed by atoms with Crippen molar-refractivity contribution in [3.63, 3.8) is 0 Å². The van der Waals surface area contributed by atoms with E-state index in [2.05, 4.69) is 0 Å². The lowest BCUT2D eigenvalue weighted by Crippen LogP contribution is -2.32. The van der Waals surface area contributed by atoms with Crippen LogP contribution in [0.2, 0.25) is 0 Å². The number of likely N-dealkylation sites (N-methyl/N-ethyl adjacent to an activating group) is 1. The van der Waals surface area contributed by atoms with Crippen molar-refractivity contribution in [1.82, 2.24) is 4.90 Å². The summed E-state index contributed by atoms with van der Waals surface area (Å²) in [6.45, 7) is 1.89. The molecular weight excluding hydrogens is 222 g/mol. The molecule has 2 aliphatic rings. The minimum atomic E-state index is -0.860. The number of carboxylic acid groups (broad SMARTS) is 1. The number of ether oxygens (including phenoxy) is 1. The van der Waals surface area contributed by atoms with Crippen LogP contribution in [0.25, 0.3) is 0 Å². The fourth-order valence-corrected chi connectivity index (χ4v) is 1.87. The van der Waals surface area contributed by atoms with E-state index in [1.807, 2.05) is 0 Å². The summed E-state index contributed by atoms with van der Waals surface area (Å²) in [5, 5.41) is 8.74. The van der Waals surface area contributed by atoms with Gasteiger partial charge in [-0.25, -0.2) is 0 Å². The van der Waals surface area contributed by atoms with Crippen molar-refractivity contribution in [2.45, 2.75) is 19.3 Å². The van der Waals surface area contributed by atoms with Crippen molar-refractivity contribution in [3.05, 3.63) is 0 Å². The first-order valence-corrected chi connectivity index (χ1v) is 6.15. The van der Waals surface area contributed by atoms with Gasteiger partial charge >= 0.3 is 5.97 Å². The molecule has 0 aromatic heterocycles. The fourth-order valence-electron chi connectivity index (χ4n) is 1.87. The van der Waals surface area contributed by atoms with Gasteiger partial charge in [-0.3, -0.25) is 9.59 Å². The summed E-state index contributed by atoms with van der Waals surface area (Å²) in [6, 6.07) is 0. The summed E-state index contributed by atoms with van der Waals surface area (Å²) in [4.78, 5) is 24.0. The summed E-state index contributed by atoms with van der Waals surface area (Å²) in [7, 11) is 1.71. The van der Waals surface area contributed by atoms with Crippen molar-refractivity contribution in [3.8, 4) is 0 Å². The first-order valence-electron chi connectivity index (χ1n) is 6.15. The highest BCUT2D eigenvalue weighted by Crippen LogP contribution is 2.39. The van der Waals surface area contributed by atoms with E-state index in [9.17, 15) is 9.59 Å². The first-order chi connectivity index (χ1) is 8.09. The number of rotatable bonds is 7. The molecule has 0 aliphatic heterocycles. The summed E-state index contributed by atoms with van der Waals surface area (Å²) in [5.41, 5.74) is 0. The van der Waals surface area contributed by atoms with Crippen molar-refractivity contribution in [2.75, 3.05) is 26.8 Å². The van der Waals surface area contributed by atoms with E-state index in [-0.39, 0.29) is 11.8 Å². The third kappa shape index (κ3) is 3.43. The van der Waals surface area contributed by atoms with E-state index in [0.717, 1.165) is 12.5 Å². The largest absolute Gasteiger partial charge is 0.481 e. The Morgan fingerprint density at radius 1 is 1.35 bits per heavy atom. The van der Waals surface area contributed by atoms with E-state index in [4.69, 9.17) is 9.84 Å². The van der Waals surface area contributed by atoms with Crippen molar-refractivity contribution >= 4 is 11.9 Å². The quantitative estimate of drug-likeness (QED) is 0.662. The highest BCUT2D eigenvalue weighted by Gasteiger charge is 2.49. The van der Waals surface area contributed by atoms with Gasteiger partial charge in [0.1, 0.15) is 0 Å². The number of carbonyl (C=O) groups excluding carboxylic acids is 1. The maximum atomic E-state index is 11.8. The fraction of sp³-hybridized carbons (Fsp3) is 0.833. The molecule has 0 saturated heterocycles. The molecule has 0 aromatic rings. The van der Waals surface area contributed by atoms with Crippen molar-refractivity contribution < 1.29 is 19.4 Å². The van der Waals surface area contributed by atoms with Crippen LogP contribution in [0.4, 0.5) is 0 Å². The molecule has 1 amide bonds. The van der Waals surface area contributed by atoms with Gasteiger partial charge in [-0.2, -0.15) is 0 Å². The van der Waals surface area contributed by atoms with Gasteiger partial charge in [0.05, 0.1) is 18.4 Å². The zero-order chi connectivity index (χ0) is 12.4. The topological polar surface area (TPSA) is 66.8 Å². The molecule has 2 aliphatic carbocycles. The Balaban J connectivity index is 1.60. The van der Waals surface area contributed by atoms with Crippen LogP contribution in [0.5, 0.6) is 0 Å². The van der Waals surface area contributed by atoms with Crippen LogP contribution in [-0.2, 0) is 14.3 Å². The molecule has 1 N–H and O–H groups in total. The number of carbonyl (C=O) groups is 2. The zero-order valence-electron chi connectivity index (χ0n) is 10.1. The van der Waals surface area contributed by atoms with E-state index in [0.29, 0.717) is 19.6 Å². The Morgan fingerprint density at radius 3 is 2.59 bits per heavy atom. The molecule has 2 unspecified atom stereocenters. The van der Waals surface area contributed by atoms with E-state index in [1.165, 1.54) is 12.8 Å². The van der Waals surface area contributed by atoms with Crippen LogP contribution in [0.15, 0.2) is 0 Å². The minimum absolute atomic E-state index is 0.0626. The Kier molecular flexibility index (Phi) is 3.66. The molecule has 2 rings (SSSR count). The molecule has 17 heavy (non-hydrogen) atoms. The van der Waals surface area contributed by atoms with Crippen LogP contribution < -0.4 is 0 Å². The van der Waals surface area contributed by atoms with Gasteiger partial charge in [0.2, 0.25) is 5.91 Å². The summed E-state index contributed by atoms with van der Waals surface area (Å²) < 4.78 is 5.44. The van der Waals surface area contributed by atoms with Crippen LogP contribution >= 0.6 is 0 Å². The van der Waals surface area contributed by atoms with E-state index in [1.54, 1.807) is 11.9 Å². The monoisotopic (exact) mass is 241 g/mol. The molecule has 2 saturated carbocycles. The molecule has 96 valence electrons. The summed E-state index contributed by atoms with van der Waals surface area (Å²) in [5.74, 6) is -0.955. The predicted molar refractivity (Wildman–Crippen MR) is 60.4 cm³/mol. The Morgan fingerprint density at radius 2 is 2.06 bits per heavy atom. The normalized spacial score (nSPS) is 26.6. The first kappa shape index (κ1) is 12.4. The number of nitrogens with zero attached hydrogens (tertiary/aromatic N) is 1. The van der Waals surface area contributed by atoms with E-state index < -0.39 is 11.9 Å². The second-order valence-electron chi connectivity index (χ2n) is 5.07. The molecule has 0 bridgehead atoms. The molecule has 0 radical (unpaired) electrons. The van der Waals surface area contributed by atoms with Crippen LogP contribution in [0.3, 0.4) is 0 Å². The predicted octanol–water partition coefficient (Wildman–Crippen LogP) is 0.592. The van der Waals surface area contributed by atoms with Gasteiger partial charge in [0.25, 0.3) is 0 Å². The van der Waals surface area contributed by atoms with Gasteiger partial charge < -0.3 is 14.7 Å². The number of carboxylic acids is 1. The standard InChI is InChI=1S/C12H19NO4/c1-13(4-5-17-7-8-2-3-8)11(14)9-6-10(9)12(15)16/h8-10H,2-7H2,1H3,(H,15,16). The SMILES string of the molecule is CN(CCOCC1CC1)C(=O)C1CC1C(=O)O. The maximum absolute atomic E-state index is 11.8. The lowest BCUT2D eigenvalue weighted by Gasteiger charge is -2.16. The van der Waals surface area contributed by atoms with Gasteiger partial charge in [0, 0.05) is 20.2 Å². The molecule has 5 heteroatoms. The summed E-state index contributed by atoms with van der Waals surface area (Å²) in [6.07, 6.45) is 3.01. The van der Waals surface area contributed by atoms with Gasteiger partial charge in [-0.1, -0.05) is 0 Å². The number of amides is 1. The lowest BCUT2D eigenvalue weighted by molar-refractivity contribution is -0.141. The molecule has 0 aromatic carbocycles. The molecule has 5 nitrogen and oxygen atoms in total. The minimum Gasteiger partial charge on any atom is -0.481 e. The third-order valence-corrected chi connectivity index (χ3v) is 3.42. The van der Waals surface area contributed by atoms with Crippen LogP contribution in [0.1, 0.15) is 19.3 Å². The highest BCUT2D eigenvalue weighted by atomic mass is 16.5. The van der Waals surface area contributed by atoms with Crippen LogP contribution in [-0.4, -0.2) is 48.7 Å². The zero-order valence-corrected chi connectivity index (χ0v) is 10.1. The maximum Gasteiger partial charge on any atom is 0.307 e. The smallest absolute Gasteiger partial charge is 0.307 e. The average Bonchev–Trinajstić information content (AvgIpc) is 3.15. The van der Waals surface area contributed by atoms with Gasteiger partial charge in [-0.15, -0.1) is 0 Å². The molecule has 2 fully saturated rings. The average molecular weight is 241 g/mol. The number of aliphatic carboxylic acids is 1. The Bertz CT molecular complexity index is 314. The molecule has 0 heterocycles. The van der Waals surface area contributed by atoms with Crippen molar-refractivity contribution in [1.29, 1.82) is 0 Å². The number of hydrogen-bond donors (Lipinski definition) is 1. The molecule has 0 spiro atoms. The second kappa shape index (κ2) is 5.04. The number of hydrogen-bond acceptors (Lipinski definition) is 3. The van der Waals surface area contributed by atoms with E-state index >= 15 is 0 Å².